The Labute approximate surface area is 109 Å². The van der Waals surface area contributed by atoms with Crippen LogP contribution in [0, 0.1) is 0 Å². The number of pyridine rings is 1. The Morgan fingerprint density at radius 3 is 2.67 bits per heavy atom. The van der Waals surface area contributed by atoms with E-state index >= 15 is 0 Å². The van der Waals surface area contributed by atoms with Gasteiger partial charge in [-0.25, -0.2) is 0 Å². The molecule has 96 valence electrons. The molecule has 0 amide bonds. The SMILES string of the molecule is C=CCN(CC=C)c1ccnc(CNC2CC2)c1. The molecule has 1 aromatic heterocycles. The van der Waals surface area contributed by atoms with Crippen LogP contribution in [0.25, 0.3) is 0 Å². The van der Waals surface area contributed by atoms with Crippen LogP contribution < -0.4 is 10.2 Å². The summed E-state index contributed by atoms with van der Waals surface area (Å²) in [4.78, 5) is 6.63. The largest absolute Gasteiger partial charge is 0.364 e. The van der Waals surface area contributed by atoms with Gasteiger partial charge in [0.15, 0.2) is 0 Å². The summed E-state index contributed by atoms with van der Waals surface area (Å²) in [5.74, 6) is 0. The van der Waals surface area contributed by atoms with Crippen LogP contribution >= 0.6 is 0 Å². The normalized spacial score (nSPS) is 14.2. The molecule has 0 radical (unpaired) electrons. The van der Waals surface area contributed by atoms with Gasteiger partial charge in [-0.2, -0.15) is 0 Å². The highest BCUT2D eigenvalue weighted by Gasteiger charge is 2.20. The van der Waals surface area contributed by atoms with Crippen LogP contribution in [-0.4, -0.2) is 24.1 Å². The molecular weight excluding hydrogens is 222 g/mol. The smallest absolute Gasteiger partial charge is 0.0562 e. The van der Waals surface area contributed by atoms with Gasteiger partial charge in [0.2, 0.25) is 0 Å². The van der Waals surface area contributed by atoms with Gasteiger partial charge in [-0.05, 0) is 25.0 Å². The fourth-order valence-corrected chi connectivity index (χ4v) is 1.89. The van der Waals surface area contributed by atoms with Crippen LogP contribution in [-0.2, 0) is 6.54 Å². The van der Waals surface area contributed by atoms with E-state index in [1.165, 1.54) is 18.5 Å². The van der Waals surface area contributed by atoms with E-state index in [1.54, 1.807) is 0 Å². The minimum absolute atomic E-state index is 0.716. The summed E-state index contributed by atoms with van der Waals surface area (Å²) in [5.41, 5.74) is 2.27. The zero-order chi connectivity index (χ0) is 12.8. The van der Waals surface area contributed by atoms with Crippen LogP contribution in [0.3, 0.4) is 0 Å². The van der Waals surface area contributed by atoms with Crippen molar-refractivity contribution in [1.29, 1.82) is 0 Å². The number of nitrogens with one attached hydrogen (secondary N) is 1. The second-order valence-corrected chi connectivity index (χ2v) is 4.64. The van der Waals surface area contributed by atoms with E-state index in [-0.39, 0.29) is 0 Å². The van der Waals surface area contributed by atoms with Gasteiger partial charge in [-0.15, -0.1) is 13.2 Å². The van der Waals surface area contributed by atoms with Crippen LogP contribution in [0.15, 0.2) is 43.6 Å². The van der Waals surface area contributed by atoms with E-state index in [1.807, 2.05) is 24.4 Å². The van der Waals surface area contributed by atoms with Gasteiger partial charge in [-0.1, -0.05) is 12.2 Å². The van der Waals surface area contributed by atoms with Crippen molar-refractivity contribution in [3.63, 3.8) is 0 Å². The van der Waals surface area contributed by atoms with E-state index in [4.69, 9.17) is 0 Å². The third-order valence-electron chi connectivity index (χ3n) is 3.01. The van der Waals surface area contributed by atoms with Gasteiger partial charge in [0.05, 0.1) is 5.69 Å². The Morgan fingerprint density at radius 2 is 2.06 bits per heavy atom. The topological polar surface area (TPSA) is 28.2 Å². The molecule has 0 atom stereocenters. The molecular formula is C15H21N3. The van der Waals surface area contributed by atoms with Crippen molar-refractivity contribution < 1.29 is 0 Å². The molecule has 1 heterocycles. The van der Waals surface area contributed by atoms with Gasteiger partial charge < -0.3 is 10.2 Å². The third kappa shape index (κ3) is 3.70. The fraction of sp³-hybridized carbons (Fsp3) is 0.400. The van der Waals surface area contributed by atoms with Gasteiger partial charge in [0, 0.05) is 37.6 Å². The van der Waals surface area contributed by atoms with Crippen LogP contribution in [0.4, 0.5) is 5.69 Å². The van der Waals surface area contributed by atoms with Crippen molar-refractivity contribution in [2.75, 3.05) is 18.0 Å². The van der Waals surface area contributed by atoms with E-state index in [2.05, 4.69) is 34.4 Å². The molecule has 1 aliphatic carbocycles. The Bertz CT molecular complexity index is 400. The van der Waals surface area contributed by atoms with Crippen molar-refractivity contribution in [2.24, 2.45) is 0 Å². The zero-order valence-electron chi connectivity index (χ0n) is 10.8. The number of rotatable bonds is 8. The quantitative estimate of drug-likeness (QED) is 0.711. The monoisotopic (exact) mass is 243 g/mol. The number of hydrogen-bond donors (Lipinski definition) is 1. The molecule has 0 unspecified atom stereocenters. The highest BCUT2D eigenvalue weighted by Crippen LogP contribution is 2.20. The first-order valence-electron chi connectivity index (χ1n) is 6.48. The summed E-state index contributed by atoms with van der Waals surface area (Å²) in [6.45, 7) is 10.1. The van der Waals surface area contributed by atoms with Gasteiger partial charge in [-0.3, -0.25) is 4.98 Å². The van der Waals surface area contributed by atoms with Gasteiger partial charge >= 0.3 is 0 Å². The van der Waals surface area contributed by atoms with Crippen LogP contribution in [0.1, 0.15) is 18.5 Å². The van der Waals surface area contributed by atoms with Crippen molar-refractivity contribution >= 4 is 5.69 Å². The summed E-state index contributed by atoms with van der Waals surface area (Å²) in [6, 6.07) is 4.89. The number of nitrogens with zero attached hydrogens (tertiary/aromatic N) is 2. The van der Waals surface area contributed by atoms with Crippen molar-refractivity contribution in [2.45, 2.75) is 25.4 Å². The second-order valence-electron chi connectivity index (χ2n) is 4.64. The summed E-state index contributed by atoms with van der Waals surface area (Å²) in [7, 11) is 0. The predicted octanol–water partition coefficient (Wildman–Crippen LogP) is 2.51. The maximum absolute atomic E-state index is 4.40. The minimum Gasteiger partial charge on any atom is -0.364 e. The van der Waals surface area contributed by atoms with Crippen LogP contribution in [0.2, 0.25) is 0 Å². The molecule has 18 heavy (non-hydrogen) atoms. The average molecular weight is 243 g/mol. The molecule has 0 aliphatic heterocycles. The van der Waals surface area contributed by atoms with E-state index in [0.717, 1.165) is 25.3 Å². The Kier molecular flexibility index (Phi) is 4.53. The van der Waals surface area contributed by atoms with E-state index < -0.39 is 0 Å². The van der Waals surface area contributed by atoms with Gasteiger partial charge in [0.1, 0.15) is 0 Å². The van der Waals surface area contributed by atoms with Gasteiger partial charge in [0.25, 0.3) is 0 Å². The molecule has 1 fully saturated rings. The van der Waals surface area contributed by atoms with Crippen molar-refractivity contribution in [3.05, 3.63) is 49.3 Å². The lowest BCUT2D eigenvalue weighted by molar-refractivity contribution is 0.674. The summed E-state index contributed by atoms with van der Waals surface area (Å²) >= 11 is 0. The standard InChI is InChI=1S/C15H21N3/c1-3-9-18(10-4-2)15-7-8-16-14(11-15)12-17-13-5-6-13/h3-4,7-8,11,13,17H,1-2,5-6,9-10,12H2. The van der Waals surface area contributed by atoms with E-state index in [0.29, 0.717) is 6.04 Å². The number of hydrogen-bond acceptors (Lipinski definition) is 3. The fourth-order valence-electron chi connectivity index (χ4n) is 1.89. The molecule has 0 saturated heterocycles. The lowest BCUT2D eigenvalue weighted by atomic mass is 10.2. The molecule has 1 N–H and O–H groups in total. The average Bonchev–Trinajstić information content (AvgIpc) is 3.21. The highest BCUT2D eigenvalue weighted by atomic mass is 15.1. The Hall–Kier alpha value is -1.61. The highest BCUT2D eigenvalue weighted by molar-refractivity contribution is 5.47. The molecule has 3 nitrogen and oxygen atoms in total. The molecule has 1 aliphatic rings. The summed E-state index contributed by atoms with van der Waals surface area (Å²) in [6.07, 6.45) is 8.30. The molecule has 1 aromatic rings. The van der Waals surface area contributed by atoms with Crippen molar-refractivity contribution in [3.8, 4) is 0 Å². The van der Waals surface area contributed by atoms with Crippen molar-refractivity contribution in [1.82, 2.24) is 10.3 Å². The zero-order valence-corrected chi connectivity index (χ0v) is 10.8. The molecule has 2 rings (SSSR count). The Balaban J connectivity index is 2.02. The molecule has 0 aromatic carbocycles. The third-order valence-corrected chi connectivity index (χ3v) is 3.01. The first-order valence-corrected chi connectivity index (χ1v) is 6.48. The number of anilines is 1. The summed E-state index contributed by atoms with van der Waals surface area (Å²) in [5, 5.41) is 3.48. The Morgan fingerprint density at radius 1 is 1.33 bits per heavy atom. The maximum atomic E-state index is 4.40. The second kappa shape index (κ2) is 6.36. The van der Waals surface area contributed by atoms with E-state index in [9.17, 15) is 0 Å². The molecule has 3 heteroatoms. The molecule has 1 saturated carbocycles. The maximum Gasteiger partial charge on any atom is 0.0562 e. The van der Waals surface area contributed by atoms with Crippen LogP contribution in [0.5, 0.6) is 0 Å². The summed E-state index contributed by atoms with van der Waals surface area (Å²) < 4.78 is 0. The number of aromatic nitrogens is 1. The lowest BCUT2D eigenvalue weighted by Crippen LogP contribution is -2.23. The minimum atomic E-state index is 0.716. The predicted molar refractivity (Wildman–Crippen MR) is 76.7 cm³/mol. The first-order chi connectivity index (χ1) is 8.83. The first kappa shape index (κ1) is 12.8. The molecule has 0 bridgehead atoms. The lowest BCUT2D eigenvalue weighted by Gasteiger charge is -2.22. The molecule has 0 spiro atoms.